The molecule has 0 aliphatic rings. The Kier molecular flexibility index (Phi) is 6.51. The number of aromatic amines is 3. The second-order valence-corrected chi connectivity index (χ2v) is 10.8. The van der Waals surface area contributed by atoms with E-state index in [1.165, 1.54) is 48.8 Å². The fraction of sp³-hybridized carbons (Fsp3) is 0.160. The molecule has 2 heterocycles. The monoisotopic (exact) mass is 509 g/mol. The minimum atomic E-state index is -3.98. The van der Waals surface area contributed by atoms with E-state index >= 15 is 0 Å². The molecule has 186 valence electrons. The number of H-pyrrole nitrogens is 3. The van der Waals surface area contributed by atoms with Crippen LogP contribution in [-0.2, 0) is 15.4 Å². The Morgan fingerprint density at radius 1 is 0.944 bits per heavy atom. The first-order valence-electron chi connectivity index (χ1n) is 10.9. The first-order chi connectivity index (χ1) is 16.9. The summed E-state index contributed by atoms with van der Waals surface area (Å²) in [5.74, 6) is -0.489. The summed E-state index contributed by atoms with van der Waals surface area (Å²) >= 11 is 0. The predicted molar refractivity (Wildman–Crippen MR) is 135 cm³/mol. The maximum absolute atomic E-state index is 13.1. The summed E-state index contributed by atoms with van der Waals surface area (Å²) in [6.45, 7) is 5.98. The quantitative estimate of drug-likeness (QED) is 0.324. The third-order valence-electron chi connectivity index (χ3n) is 5.26. The summed E-state index contributed by atoms with van der Waals surface area (Å²) < 4.78 is 41.0. The molecule has 4 aromatic rings. The highest BCUT2D eigenvalue weighted by Crippen LogP contribution is 2.23. The van der Waals surface area contributed by atoms with Crippen molar-refractivity contribution >= 4 is 27.9 Å². The molecule has 0 amide bonds. The largest absolute Gasteiger partial charge is 0.348 e. The van der Waals surface area contributed by atoms with Crippen LogP contribution in [0.4, 0.5) is 10.1 Å². The molecule has 0 saturated heterocycles. The fourth-order valence-electron chi connectivity index (χ4n) is 3.52. The van der Waals surface area contributed by atoms with Crippen LogP contribution in [0.1, 0.15) is 37.7 Å². The van der Waals surface area contributed by atoms with Crippen molar-refractivity contribution < 1.29 is 12.8 Å². The maximum Gasteiger partial charge on any atom is 0.272 e. The van der Waals surface area contributed by atoms with Gasteiger partial charge >= 0.3 is 0 Å². The summed E-state index contributed by atoms with van der Waals surface area (Å²) in [5.41, 5.74) is 0.566. The molecule has 36 heavy (non-hydrogen) atoms. The Bertz CT molecular complexity index is 1760. The summed E-state index contributed by atoms with van der Waals surface area (Å²) in [7, 11) is -3.98. The fourth-order valence-corrected chi connectivity index (χ4v) is 4.63. The molecule has 4 N–H and O–H groups in total. The van der Waals surface area contributed by atoms with Crippen molar-refractivity contribution in [3.05, 3.63) is 109 Å². The lowest BCUT2D eigenvalue weighted by Gasteiger charge is -2.16. The molecule has 2 aromatic carbocycles. The third kappa shape index (κ3) is 5.52. The molecular formula is C25H24FN5O4S. The van der Waals surface area contributed by atoms with Crippen LogP contribution in [0.2, 0.25) is 0 Å². The summed E-state index contributed by atoms with van der Waals surface area (Å²) in [6, 6.07) is 10.7. The highest BCUT2D eigenvalue weighted by atomic mass is 32.2. The van der Waals surface area contributed by atoms with Crippen molar-refractivity contribution in [1.82, 2.24) is 19.9 Å². The number of hydrogen-bond donors (Lipinski definition) is 4. The van der Waals surface area contributed by atoms with Gasteiger partial charge in [0.25, 0.3) is 21.1 Å². The zero-order chi connectivity index (χ0) is 26.1. The highest BCUT2D eigenvalue weighted by Gasteiger charge is 2.19. The van der Waals surface area contributed by atoms with Gasteiger partial charge in [0.1, 0.15) is 16.5 Å². The molecule has 0 aliphatic heterocycles. The molecule has 9 nitrogen and oxygen atoms in total. The van der Waals surface area contributed by atoms with Crippen molar-refractivity contribution in [2.75, 3.05) is 4.72 Å². The average Bonchev–Trinajstić information content (AvgIpc) is 3.28. The van der Waals surface area contributed by atoms with E-state index in [1.807, 2.05) is 20.8 Å². The number of nitrogens with zero attached hydrogens (tertiary/aromatic N) is 1. The van der Waals surface area contributed by atoms with Crippen LogP contribution < -0.4 is 26.5 Å². The van der Waals surface area contributed by atoms with Gasteiger partial charge in [0.2, 0.25) is 0 Å². The van der Waals surface area contributed by atoms with E-state index in [0.29, 0.717) is 11.3 Å². The summed E-state index contributed by atoms with van der Waals surface area (Å²) in [6.07, 6.45) is 4.39. The Morgan fingerprint density at radius 2 is 1.58 bits per heavy atom. The topological polar surface area (TPSA) is 141 Å². The molecule has 0 radical (unpaired) electrons. The molecule has 0 spiro atoms. The zero-order valence-corrected chi connectivity index (χ0v) is 20.5. The van der Waals surface area contributed by atoms with Gasteiger partial charge in [0, 0.05) is 16.8 Å². The van der Waals surface area contributed by atoms with Crippen LogP contribution in [0.25, 0.3) is 12.2 Å². The van der Waals surface area contributed by atoms with Gasteiger partial charge in [-0.05, 0) is 54.1 Å². The van der Waals surface area contributed by atoms with Gasteiger partial charge in [0.05, 0.1) is 16.9 Å². The molecule has 0 aliphatic carbocycles. The number of sulfonamides is 1. The lowest BCUT2D eigenvalue weighted by molar-refractivity contribution is 0.571. The van der Waals surface area contributed by atoms with E-state index in [9.17, 15) is 22.4 Å². The molecule has 0 bridgehead atoms. The molecule has 0 unspecified atom stereocenters. The van der Waals surface area contributed by atoms with Gasteiger partial charge < -0.3 is 15.0 Å². The molecule has 0 saturated carbocycles. The van der Waals surface area contributed by atoms with Crippen LogP contribution in [0, 0.1) is 5.82 Å². The minimum Gasteiger partial charge on any atom is -0.348 e. The Morgan fingerprint density at radius 3 is 2.22 bits per heavy atom. The second-order valence-electron chi connectivity index (χ2n) is 9.12. The predicted octanol–water partition coefficient (Wildman–Crippen LogP) is 1.68. The first kappa shape index (κ1) is 24.9. The normalized spacial score (nSPS) is 13.2. The van der Waals surface area contributed by atoms with Crippen molar-refractivity contribution in [1.29, 1.82) is 0 Å². The molecule has 4 rings (SSSR count). The lowest BCUT2D eigenvalue weighted by atomic mass is 9.90. The van der Waals surface area contributed by atoms with Crippen LogP contribution >= 0.6 is 0 Å². The highest BCUT2D eigenvalue weighted by molar-refractivity contribution is 7.92. The molecule has 0 fully saturated rings. The van der Waals surface area contributed by atoms with Gasteiger partial charge in [-0.1, -0.05) is 32.9 Å². The van der Waals surface area contributed by atoms with Gasteiger partial charge in [-0.25, -0.2) is 17.8 Å². The van der Waals surface area contributed by atoms with E-state index in [0.717, 1.165) is 17.8 Å². The first-order valence-corrected chi connectivity index (χ1v) is 12.4. The number of nitrogens with one attached hydrogen (secondary N) is 4. The summed E-state index contributed by atoms with van der Waals surface area (Å²) in [4.78, 5) is 37.7. The van der Waals surface area contributed by atoms with E-state index in [4.69, 9.17) is 0 Å². The average molecular weight is 510 g/mol. The van der Waals surface area contributed by atoms with E-state index in [-0.39, 0.29) is 26.7 Å². The standard InChI is InChI=1S/C25H24FN5O4S/c1-25(2,3)22-19(27-14-28-22)13-21-24(33)29-20(23(32)30-21)12-15-5-4-6-18(11-15)36(34,35)31-17-9-7-16(26)8-10-17/h4-14,31H,1-3H3,(H,27,28)(H,29,33)(H,30,32)/b20-12-,21-13-. The SMILES string of the molecule is CC(C)(C)c1[nH]cnc1/C=c1\[nH]c(=O)/c(=C/c2cccc(S(=O)(=O)Nc3ccc(F)cc3)c2)[nH]c1=O. The van der Waals surface area contributed by atoms with Crippen molar-refractivity contribution in [3.63, 3.8) is 0 Å². The van der Waals surface area contributed by atoms with Gasteiger partial charge in [-0.3, -0.25) is 14.3 Å². The summed E-state index contributed by atoms with van der Waals surface area (Å²) in [5, 5.41) is -0.00848. The zero-order valence-electron chi connectivity index (χ0n) is 19.7. The molecule has 2 aromatic heterocycles. The minimum absolute atomic E-state index is 0.0366. The Hall–Kier alpha value is -4.25. The van der Waals surface area contributed by atoms with Gasteiger partial charge in [-0.2, -0.15) is 0 Å². The lowest BCUT2D eigenvalue weighted by Crippen LogP contribution is -2.46. The van der Waals surface area contributed by atoms with Crippen molar-refractivity contribution in [2.45, 2.75) is 31.1 Å². The smallest absolute Gasteiger partial charge is 0.272 e. The maximum atomic E-state index is 13.1. The number of benzene rings is 2. The number of imidazole rings is 1. The number of anilines is 1. The van der Waals surface area contributed by atoms with Crippen LogP contribution in [-0.4, -0.2) is 28.4 Å². The van der Waals surface area contributed by atoms with Gasteiger partial charge in [-0.15, -0.1) is 0 Å². The van der Waals surface area contributed by atoms with Crippen molar-refractivity contribution in [3.8, 4) is 0 Å². The van der Waals surface area contributed by atoms with E-state index < -0.39 is 27.0 Å². The molecular weight excluding hydrogens is 485 g/mol. The Labute approximate surface area is 205 Å². The van der Waals surface area contributed by atoms with Crippen LogP contribution in [0.3, 0.4) is 0 Å². The number of hydrogen-bond acceptors (Lipinski definition) is 5. The molecule has 0 atom stereocenters. The number of halogens is 1. The molecule has 11 heteroatoms. The van der Waals surface area contributed by atoms with Crippen LogP contribution in [0.15, 0.2) is 69.3 Å². The third-order valence-corrected chi connectivity index (χ3v) is 6.64. The Balaban J connectivity index is 1.70. The number of aromatic nitrogens is 4. The van der Waals surface area contributed by atoms with Crippen LogP contribution in [0.5, 0.6) is 0 Å². The van der Waals surface area contributed by atoms with Crippen molar-refractivity contribution in [2.24, 2.45) is 0 Å². The van der Waals surface area contributed by atoms with E-state index in [1.54, 1.807) is 6.07 Å². The second kappa shape index (κ2) is 9.42. The number of rotatable bonds is 5. The van der Waals surface area contributed by atoms with Gasteiger partial charge in [0.15, 0.2) is 0 Å². The van der Waals surface area contributed by atoms with E-state index in [2.05, 4.69) is 24.7 Å².